The summed E-state index contributed by atoms with van der Waals surface area (Å²) in [6, 6.07) is 0. The Balaban J connectivity index is 2.33. The van der Waals surface area contributed by atoms with Crippen molar-refractivity contribution in [2.24, 2.45) is 5.73 Å². The van der Waals surface area contributed by atoms with Gasteiger partial charge in [-0.1, -0.05) is 6.92 Å². The summed E-state index contributed by atoms with van der Waals surface area (Å²) in [6.07, 6.45) is 4.38. The lowest BCUT2D eigenvalue weighted by Gasteiger charge is -2.10. The van der Waals surface area contributed by atoms with Crippen LogP contribution in [0.3, 0.4) is 0 Å². The number of rotatable bonds is 5. The molecule has 20 heavy (non-hydrogen) atoms. The van der Waals surface area contributed by atoms with Gasteiger partial charge in [-0.25, -0.2) is 0 Å². The number of nitrogens with one attached hydrogen (secondary N) is 1. The second-order valence-electron chi connectivity index (χ2n) is 4.55. The minimum Gasteiger partial charge on any atom is -0.434 e. The maximum atomic E-state index is 7.66. The van der Waals surface area contributed by atoms with Gasteiger partial charge >= 0.3 is 0 Å². The van der Waals surface area contributed by atoms with Crippen LogP contribution < -0.4 is 10.5 Å². The monoisotopic (exact) mass is 274 g/mol. The Morgan fingerprint density at radius 3 is 2.80 bits per heavy atom. The first-order valence-electron chi connectivity index (χ1n) is 6.41. The molecule has 0 amide bonds. The molecule has 0 radical (unpaired) electrons. The zero-order valence-electron chi connectivity index (χ0n) is 11.8. The molecule has 0 saturated heterocycles. The topological polar surface area (TPSA) is 103 Å². The van der Waals surface area contributed by atoms with Crippen LogP contribution in [0.25, 0.3) is 0 Å². The molecule has 0 aliphatic heterocycles. The Hall–Kier alpha value is -2.44. The smallest absolute Gasteiger partial charge is 0.250 e. The molecule has 2 aromatic heterocycles. The van der Waals surface area contributed by atoms with Crippen molar-refractivity contribution < 1.29 is 4.74 Å². The quantitative estimate of drug-likeness (QED) is 0.639. The van der Waals surface area contributed by atoms with Gasteiger partial charge in [-0.3, -0.25) is 10.1 Å². The second kappa shape index (κ2) is 5.68. The molecule has 0 spiro atoms. The molecule has 7 nitrogen and oxygen atoms in total. The maximum absolute atomic E-state index is 7.66. The zero-order chi connectivity index (χ0) is 14.7. The average molecular weight is 274 g/mol. The van der Waals surface area contributed by atoms with E-state index in [1.165, 1.54) is 0 Å². The van der Waals surface area contributed by atoms with Crippen molar-refractivity contribution in [2.75, 3.05) is 0 Å². The minimum atomic E-state index is -0.0866. The molecular formula is C13H18N6O. The van der Waals surface area contributed by atoms with Crippen LogP contribution >= 0.6 is 0 Å². The fourth-order valence-corrected chi connectivity index (χ4v) is 1.84. The molecule has 0 unspecified atom stereocenters. The molecule has 7 heteroatoms. The van der Waals surface area contributed by atoms with Crippen LogP contribution in [-0.4, -0.2) is 25.8 Å². The Morgan fingerprint density at radius 2 is 2.15 bits per heavy atom. The number of hydrogen-bond donors (Lipinski definition) is 2. The zero-order valence-corrected chi connectivity index (χ0v) is 11.8. The van der Waals surface area contributed by atoms with Gasteiger partial charge in [0.1, 0.15) is 5.84 Å². The lowest BCUT2D eigenvalue weighted by atomic mass is 10.1. The lowest BCUT2D eigenvalue weighted by molar-refractivity contribution is 0.451. The molecule has 2 heterocycles. The van der Waals surface area contributed by atoms with E-state index in [1.807, 2.05) is 13.8 Å². The lowest BCUT2D eigenvalue weighted by Crippen LogP contribution is -2.16. The van der Waals surface area contributed by atoms with Crippen molar-refractivity contribution in [1.82, 2.24) is 20.0 Å². The first-order chi connectivity index (χ1) is 9.52. The Morgan fingerprint density at radius 1 is 1.40 bits per heavy atom. The normalized spacial score (nSPS) is 10.6. The van der Waals surface area contributed by atoms with Crippen LogP contribution in [0.15, 0.2) is 12.4 Å². The third-order valence-electron chi connectivity index (χ3n) is 2.97. The van der Waals surface area contributed by atoms with E-state index in [0.29, 0.717) is 11.3 Å². The number of nitrogen functional groups attached to an aromatic ring is 1. The summed E-state index contributed by atoms with van der Waals surface area (Å²) in [7, 11) is 0. The Kier molecular flexibility index (Phi) is 3.97. The number of nitrogens with two attached hydrogens (primary N) is 1. The van der Waals surface area contributed by atoms with Crippen molar-refractivity contribution in [3.8, 4) is 11.6 Å². The molecule has 0 bridgehead atoms. The highest BCUT2D eigenvalue weighted by atomic mass is 16.5. The van der Waals surface area contributed by atoms with E-state index in [1.54, 1.807) is 17.1 Å². The number of ether oxygens (including phenoxy) is 1. The van der Waals surface area contributed by atoms with Crippen molar-refractivity contribution in [3.63, 3.8) is 0 Å². The molecule has 3 N–H and O–H groups in total. The summed E-state index contributed by atoms with van der Waals surface area (Å²) < 4.78 is 7.44. The standard InChI is InChI=1S/C13H18N6O/c1-4-5-19-7-10(6-16-19)20-13-11(12(14)15)8(2)9(3)17-18-13/h6-7H,4-5H2,1-3H3,(H3,14,15). The van der Waals surface area contributed by atoms with E-state index in [9.17, 15) is 0 Å². The number of aryl methyl sites for hydroxylation is 2. The third kappa shape index (κ3) is 2.76. The third-order valence-corrected chi connectivity index (χ3v) is 2.97. The first-order valence-corrected chi connectivity index (χ1v) is 6.41. The highest BCUT2D eigenvalue weighted by molar-refractivity contribution is 5.98. The summed E-state index contributed by atoms with van der Waals surface area (Å²) in [5.41, 5.74) is 7.60. The van der Waals surface area contributed by atoms with E-state index in [4.69, 9.17) is 15.9 Å². The maximum Gasteiger partial charge on any atom is 0.250 e. The van der Waals surface area contributed by atoms with E-state index in [-0.39, 0.29) is 11.7 Å². The van der Waals surface area contributed by atoms with Gasteiger partial charge in [0, 0.05) is 6.54 Å². The Labute approximate surface area is 117 Å². The van der Waals surface area contributed by atoms with Crippen LogP contribution in [0.1, 0.15) is 30.2 Å². The Bertz CT molecular complexity index is 634. The van der Waals surface area contributed by atoms with E-state index >= 15 is 0 Å². The summed E-state index contributed by atoms with van der Waals surface area (Å²) in [5, 5.41) is 19.8. The molecule has 2 rings (SSSR count). The molecule has 0 saturated carbocycles. The van der Waals surface area contributed by atoms with Gasteiger partial charge in [0.05, 0.1) is 23.7 Å². The van der Waals surface area contributed by atoms with Crippen LogP contribution in [0, 0.1) is 19.3 Å². The second-order valence-corrected chi connectivity index (χ2v) is 4.55. The van der Waals surface area contributed by atoms with Gasteiger partial charge < -0.3 is 10.5 Å². The minimum absolute atomic E-state index is 0.0866. The van der Waals surface area contributed by atoms with Gasteiger partial charge in [0.2, 0.25) is 5.88 Å². The van der Waals surface area contributed by atoms with Crippen LogP contribution in [0.5, 0.6) is 11.6 Å². The van der Waals surface area contributed by atoms with Crippen LogP contribution in [0.2, 0.25) is 0 Å². The summed E-state index contributed by atoms with van der Waals surface area (Å²) in [6.45, 7) is 6.55. The van der Waals surface area contributed by atoms with Crippen molar-refractivity contribution in [2.45, 2.75) is 33.7 Å². The fourth-order valence-electron chi connectivity index (χ4n) is 1.84. The SMILES string of the molecule is CCCn1cc(Oc2nnc(C)c(C)c2C(=N)N)cn1. The van der Waals surface area contributed by atoms with Crippen molar-refractivity contribution in [3.05, 3.63) is 29.2 Å². The summed E-state index contributed by atoms with van der Waals surface area (Å²) >= 11 is 0. The van der Waals surface area contributed by atoms with E-state index in [2.05, 4.69) is 22.2 Å². The molecule has 0 atom stereocenters. The van der Waals surface area contributed by atoms with E-state index in [0.717, 1.165) is 24.2 Å². The predicted molar refractivity (Wildman–Crippen MR) is 75.1 cm³/mol. The van der Waals surface area contributed by atoms with E-state index < -0.39 is 0 Å². The van der Waals surface area contributed by atoms with Gasteiger partial charge in [0.25, 0.3) is 0 Å². The molecule has 0 fully saturated rings. The molecule has 106 valence electrons. The van der Waals surface area contributed by atoms with Crippen LogP contribution in [0.4, 0.5) is 0 Å². The van der Waals surface area contributed by atoms with Crippen LogP contribution in [-0.2, 0) is 6.54 Å². The highest BCUT2D eigenvalue weighted by Gasteiger charge is 2.16. The number of nitrogens with zero attached hydrogens (tertiary/aromatic N) is 4. The molecular weight excluding hydrogens is 256 g/mol. The predicted octanol–water partition coefficient (Wildman–Crippen LogP) is 1.78. The van der Waals surface area contributed by atoms with Crippen molar-refractivity contribution >= 4 is 5.84 Å². The molecule has 0 aliphatic rings. The molecule has 0 aromatic carbocycles. The highest BCUT2D eigenvalue weighted by Crippen LogP contribution is 2.25. The van der Waals surface area contributed by atoms with Gasteiger partial charge in [0.15, 0.2) is 5.75 Å². The van der Waals surface area contributed by atoms with Crippen molar-refractivity contribution in [1.29, 1.82) is 5.41 Å². The average Bonchev–Trinajstić information content (AvgIpc) is 2.81. The number of aromatic nitrogens is 4. The summed E-state index contributed by atoms with van der Waals surface area (Å²) in [4.78, 5) is 0. The number of hydrogen-bond acceptors (Lipinski definition) is 5. The van der Waals surface area contributed by atoms with Gasteiger partial charge in [-0.15, -0.1) is 5.10 Å². The fraction of sp³-hybridized carbons (Fsp3) is 0.385. The molecule has 0 aliphatic carbocycles. The largest absolute Gasteiger partial charge is 0.434 e. The first kappa shape index (κ1) is 14.0. The van der Waals surface area contributed by atoms with Gasteiger partial charge in [-0.05, 0) is 25.8 Å². The molecule has 2 aromatic rings. The van der Waals surface area contributed by atoms with Gasteiger partial charge in [-0.2, -0.15) is 10.2 Å². The summed E-state index contributed by atoms with van der Waals surface area (Å²) in [5.74, 6) is 0.701. The number of amidine groups is 1.